The summed E-state index contributed by atoms with van der Waals surface area (Å²) in [6.45, 7) is 3.40. The highest BCUT2D eigenvalue weighted by Crippen LogP contribution is 2.05. The first-order valence-corrected chi connectivity index (χ1v) is 6.94. The Hall–Kier alpha value is -1.30. The molecule has 2 rings (SSSR count). The Morgan fingerprint density at radius 3 is 2.67 bits per heavy atom. The van der Waals surface area contributed by atoms with Crippen molar-refractivity contribution < 1.29 is 0 Å². The average molecular weight is 262 g/mol. The Morgan fingerprint density at radius 1 is 1.17 bits per heavy atom. The molecule has 0 atom stereocenters. The molecule has 0 radical (unpaired) electrons. The zero-order chi connectivity index (χ0) is 12.6. The number of nitrogens with zero attached hydrogens (tertiary/aromatic N) is 3. The summed E-state index contributed by atoms with van der Waals surface area (Å²) in [7, 11) is 0. The molecule has 0 aliphatic rings. The van der Waals surface area contributed by atoms with E-state index in [4.69, 9.17) is 5.73 Å². The van der Waals surface area contributed by atoms with Crippen LogP contribution in [-0.4, -0.2) is 34.1 Å². The zero-order valence-electron chi connectivity index (χ0n) is 10.3. The Labute approximate surface area is 112 Å². The second-order valence-electron chi connectivity index (χ2n) is 4.20. The average Bonchev–Trinajstić information content (AvgIpc) is 2.90. The van der Waals surface area contributed by atoms with E-state index in [1.165, 1.54) is 17.1 Å². The van der Waals surface area contributed by atoms with E-state index in [-0.39, 0.29) is 0 Å². The minimum absolute atomic E-state index is 0.673. The van der Waals surface area contributed by atoms with Crippen molar-refractivity contribution in [3.05, 3.63) is 47.0 Å². The maximum absolute atomic E-state index is 5.65. The SMILES string of the molecule is NCCN(CCc1ccccc1)Cc1csnn1. The predicted octanol–water partition coefficient (Wildman–Crippen LogP) is 1.54. The highest BCUT2D eigenvalue weighted by atomic mass is 32.1. The van der Waals surface area contributed by atoms with Crippen molar-refractivity contribution in [3.8, 4) is 0 Å². The smallest absolute Gasteiger partial charge is 0.0895 e. The van der Waals surface area contributed by atoms with Crippen LogP contribution < -0.4 is 5.73 Å². The van der Waals surface area contributed by atoms with Crippen molar-refractivity contribution >= 4 is 11.5 Å². The van der Waals surface area contributed by atoms with Gasteiger partial charge in [0.05, 0.1) is 5.69 Å². The lowest BCUT2D eigenvalue weighted by molar-refractivity contribution is 0.273. The molecule has 0 unspecified atom stereocenters. The summed E-state index contributed by atoms with van der Waals surface area (Å²) in [5, 5.41) is 6.07. The monoisotopic (exact) mass is 262 g/mol. The van der Waals surface area contributed by atoms with Gasteiger partial charge in [0, 0.05) is 31.6 Å². The van der Waals surface area contributed by atoms with Gasteiger partial charge in [0.1, 0.15) is 0 Å². The van der Waals surface area contributed by atoms with Gasteiger partial charge in [-0.1, -0.05) is 34.8 Å². The fourth-order valence-electron chi connectivity index (χ4n) is 1.87. The van der Waals surface area contributed by atoms with Gasteiger partial charge < -0.3 is 5.73 Å². The molecule has 1 aromatic heterocycles. The first-order valence-electron chi connectivity index (χ1n) is 6.11. The van der Waals surface area contributed by atoms with Gasteiger partial charge in [0.2, 0.25) is 0 Å². The third-order valence-corrected chi connectivity index (χ3v) is 3.35. The van der Waals surface area contributed by atoms with E-state index < -0.39 is 0 Å². The van der Waals surface area contributed by atoms with Crippen LogP contribution in [0, 0.1) is 0 Å². The Balaban J connectivity index is 1.86. The quantitative estimate of drug-likeness (QED) is 0.822. The molecule has 0 saturated carbocycles. The lowest BCUT2D eigenvalue weighted by Crippen LogP contribution is -2.31. The van der Waals surface area contributed by atoms with Crippen molar-refractivity contribution in [2.24, 2.45) is 5.73 Å². The van der Waals surface area contributed by atoms with Gasteiger partial charge in [-0.15, -0.1) is 5.10 Å². The second-order valence-corrected chi connectivity index (χ2v) is 4.81. The predicted molar refractivity (Wildman–Crippen MR) is 74.4 cm³/mol. The molecule has 2 aromatic rings. The van der Waals surface area contributed by atoms with Gasteiger partial charge in [-0.3, -0.25) is 4.90 Å². The maximum atomic E-state index is 5.65. The summed E-state index contributed by atoms with van der Waals surface area (Å²) < 4.78 is 3.89. The first-order chi connectivity index (χ1) is 8.88. The van der Waals surface area contributed by atoms with Gasteiger partial charge in [-0.05, 0) is 23.5 Å². The molecule has 18 heavy (non-hydrogen) atoms. The van der Waals surface area contributed by atoms with Crippen LogP contribution in [0.25, 0.3) is 0 Å². The van der Waals surface area contributed by atoms with Gasteiger partial charge in [0.25, 0.3) is 0 Å². The third kappa shape index (κ3) is 4.18. The Kier molecular flexibility index (Phi) is 5.26. The molecule has 0 amide bonds. The van der Waals surface area contributed by atoms with E-state index in [9.17, 15) is 0 Å². The summed E-state index contributed by atoms with van der Waals surface area (Å²) in [5.74, 6) is 0. The fourth-order valence-corrected chi connectivity index (χ4v) is 2.31. The molecule has 96 valence electrons. The zero-order valence-corrected chi connectivity index (χ0v) is 11.1. The fraction of sp³-hybridized carbons (Fsp3) is 0.385. The number of hydrogen-bond acceptors (Lipinski definition) is 5. The van der Waals surface area contributed by atoms with Crippen LogP contribution in [0.4, 0.5) is 0 Å². The van der Waals surface area contributed by atoms with E-state index in [2.05, 4.69) is 38.8 Å². The maximum Gasteiger partial charge on any atom is 0.0895 e. The molecule has 1 aromatic carbocycles. The van der Waals surface area contributed by atoms with E-state index in [1.807, 2.05) is 11.4 Å². The largest absolute Gasteiger partial charge is 0.329 e. The third-order valence-electron chi connectivity index (χ3n) is 2.80. The second kappa shape index (κ2) is 7.20. The lowest BCUT2D eigenvalue weighted by atomic mass is 10.1. The van der Waals surface area contributed by atoms with Crippen LogP contribution in [-0.2, 0) is 13.0 Å². The normalized spacial score (nSPS) is 11.0. The Bertz CT molecular complexity index is 430. The number of rotatable bonds is 7. The number of nitrogens with two attached hydrogens (primary N) is 1. The van der Waals surface area contributed by atoms with Crippen molar-refractivity contribution in [3.63, 3.8) is 0 Å². The van der Waals surface area contributed by atoms with Gasteiger partial charge in [-0.25, -0.2) is 0 Å². The van der Waals surface area contributed by atoms with Gasteiger partial charge in [0.15, 0.2) is 0 Å². The highest BCUT2D eigenvalue weighted by molar-refractivity contribution is 7.03. The van der Waals surface area contributed by atoms with Crippen LogP contribution in [0.1, 0.15) is 11.3 Å². The molecule has 0 aliphatic carbocycles. The standard InChI is InChI=1S/C13H18N4S/c14-7-9-17(10-13-11-18-16-15-13)8-6-12-4-2-1-3-5-12/h1-5,11H,6-10,14H2. The van der Waals surface area contributed by atoms with Crippen molar-refractivity contribution in [1.82, 2.24) is 14.5 Å². The van der Waals surface area contributed by atoms with Crippen LogP contribution in [0.2, 0.25) is 0 Å². The van der Waals surface area contributed by atoms with Gasteiger partial charge in [-0.2, -0.15) is 0 Å². The molecule has 0 fully saturated rings. The minimum atomic E-state index is 0.673. The summed E-state index contributed by atoms with van der Waals surface area (Å²) >= 11 is 1.40. The highest BCUT2D eigenvalue weighted by Gasteiger charge is 2.07. The topological polar surface area (TPSA) is 55.0 Å². The summed E-state index contributed by atoms with van der Waals surface area (Å²) in [4.78, 5) is 2.32. The van der Waals surface area contributed by atoms with E-state index in [0.29, 0.717) is 6.54 Å². The molecular formula is C13H18N4S. The van der Waals surface area contributed by atoms with E-state index in [1.54, 1.807) is 0 Å². The van der Waals surface area contributed by atoms with Crippen molar-refractivity contribution in [1.29, 1.82) is 0 Å². The van der Waals surface area contributed by atoms with Crippen molar-refractivity contribution in [2.75, 3.05) is 19.6 Å². The number of benzene rings is 1. The molecule has 5 heteroatoms. The summed E-state index contributed by atoms with van der Waals surface area (Å²) in [5.41, 5.74) is 8.04. The van der Waals surface area contributed by atoms with Crippen LogP contribution in [0.3, 0.4) is 0 Å². The summed E-state index contributed by atoms with van der Waals surface area (Å²) in [6, 6.07) is 10.5. The van der Waals surface area contributed by atoms with E-state index >= 15 is 0 Å². The molecule has 0 saturated heterocycles. The molecule has 0 bridgehead atoms. The van der Waals surface area contributed by atoms with E-state index in [0.717, 1.165) is 31.7 Å². The van der Waals surface area contributed by atoms with Gasteiger partial charge >= 0.3 is 0 Å². The molecule has 0 aliphatic heterocycles. The van der Waals surface area contributed by atoms with Crippen LogP contribution >= 0.6 is 11.5 Å². The number of aromatic nitrogens is 2. The molecule has 2 N–H and O–H groups in total. The molecule has 1 heterocycles. The Morgan fingerprint density at radius 2 is 2.00 bits per heavy atom. The minimum Gasteiger partial charge on any atom is -0.329 e. The van der Waals surface area contributed by atoms with Crippen LogP contribution in [0.5, 0.6) is 0 Å². The lowest BCUT2D eigenvalue weighted by Gasteiger charge is -2.20. The number of hydrogen-bond donors (Lipinski definition) is 1. The molecule has 4 nitrogen and oxygen atoms in total. The van der Waals surface area contributed by atoms with Crippen LogP contribution in [0.15, 0.2) is 35.7 Å². The molecular weight excluding hydrogens is 244 g/mol. The van der Waals surface area contributed by atoms with Crippen molar-refractivity contribution in [2.45, 2.75) is 13.0 Å². The molecule has 0 spiro atoms. The summed E-state index contributed by atoms with van der Waals surface area (Å²) in [6.07, 6.45) is 1.04. The first kappa shape index (κ1) is 13.1.